The number of carbonyl (C=O) groups excluding carboxylic acids is 1. The van der Waals surface area contributed by atoms with Gasteiger partial charge in [0, 0.05) is 0 Å². The van der Waals surface area contributed by atoms with Crippen molar-refractivity contribution in [3.05, 3.63) is 12.3 Å². The standard InChI is InChI=1S/C9H15NO2/c1-9(2,3)12-8(11)7-5-4-6-10-7/h4,6-7,10H,5H2,1-3H3. The van der Waals surface area contributed by atoms with Gasteiger partial charge in [-0.2, -0.15) is 0 Å². The summed E-state index contributed by atoms with van der Waals surface area (Å²) >= 11 is 0. The van der Waals surface area contributed by atoms with Gasteiger partial charge in [0.05, 0.1) is 0 Å². The maximum absolute atomic E-state index is 11.3. The average Bonchev–Trinajstić information content (AvgIpc) is 2.32. The SMILES string of the molecule is CC(C)(C)OC(=O)C1CC=CN1. The third-order valence-electron chi connectivity index (χ3n) is 1.48. The summed E-state index contributed by atoms with van der Waals surface area (Å²) in [5, 5.41) is 2.92. The zero-order valence-corrected chi connectivity index (χ0v) is 7.76. The van der Waals surface area contributed by atoms with Gasteiger partial charge in [-0.15, -0.1) is 0 Å². The average molecular weight is 169 g/mol. The lowest BCUT2D eigenvalue weighted by molar-refractivity contribution is -0.156. The Kier molecular flexibility index (Phi) is 2.40. The molecule has 1 rings (SSSR count). The Balaban J connectivity index is 2.39. The fraction of sp³-hybridized carbons (Fsp3) is 0.667. The van der Waals surface area contributed by atoms with Crippen molar-refractivity contribution in [3.8, 4) is 0 Å². The van der Waals surface area contributed by atoms with Crippen molar-refractivity contribution in [2.75, 3.05) is 0 Å². The van der Waals surface area contributed by atoms with Gasteiger partial charge in [-0.05, 0) is 33.4 Å². The number of nitrogens with one attached hydrogen (secondary N) is 1. The van der Waals surface area contributed by atoms with E-state index in [2.05, 4.69) is 5.32 Å². The zero-order valence-electron chi connectivity index (χ0n) is 7.76. The second-order valence-corrected chi connectivity index (χ2v) is 3.89. The second-order valence-electron chi connectivity index (χ2n) is 3.89. The number of hydrogen-bond donors (Lipinski definition) is 1. The van der Waals surface area contributed by atoms with E-state index in [1.165, 1.54) is 0 Å². The lowest BCUT2D eigenvalue weighted by atomic mass is 10.2. The molecule has 0 aromatic heterocycles. The minimum absolute atomic E-state index is 0.174. The number of carbonyl (C=O) groups is 1. The van der Waals surface area contributed by atoms with Crippen molar-refractivity contribution < 1.29 is 9.53 Å². The predicted octanol–water partition coefficient (Wildman–Crippen LogP) is 1.20. The first kappa shape index (κ1) is 9.10. The molecule has 68 valence electrons. The molecule has 0 aromatic carbocycles. The first-order chi connectivity index (χ1) is 5.49. The molecule has 12 heavy (non-hydrogen) atoms. The van der Waals surface area contributed by atoms with Crippen LogP contribution >= 0.6 is 0 Å². The molecular weight excluding hydrogens is 154 g/mol. The fourth-order valence-electron chi connectivity index (χ4n) is 0.994. The van der Waals surface area contributed by atoms with Crippen molar-refractivity contribution >= 4 is 5.97 Å². The summed E-state index contributed by atoms with van der Waals surface area (Å²) in [6.07, 6.45) is 4.44. The molecular formula is C9H15NO2. The molecule has 1 atom stereocenters. The molecule has 3 nitrogen and oxygen atoms in total. The molecule has 0 aliphatic carbocycles. The van der Waals surface area contributed by atoms with Gasteiger partial charge in [0.25, 0.3) is 0 Å². The molecule has 1 aliphatic rings. The van der Waals surface area contributed by atoms with Crippen LogP contribution in [0, 0.1) is 0 Å². The van der Waals surface area contributed by atoms with Crippen LogP contribution in [0.4, 0.5) is 0 Å². The maximum Gasteiger partial charge on any atom is 0.329 e. The second kappa shape index (κ2) is 3.17. The normalized spacial score (nSPS) is 22.1. The van der Waals surface area contributed by atoms with Crippen LogP contribution in [-0.2, 0) is 9.53 Å². The summed E-state index contributed by atoms with van der Waals surface area (Å²) in [5.41, 5.74) is -0.388. The Morgan fingerprint density at radius 1 is 1.58 bits per heavy atom. The highest BCUT2D eigenvalue weighted by molar-refractivity contribution is 5.77. The topological polar surface area (TPSA) is 38.3 Å². The first-order valence-corrected chi connectivity index (χ1v) is 4.13. The molecule has 3 heteroatoms. The number of esters is 1. The van der Waals surface area contributed by atoms with E-state index < -0.39 is 0 Å². The molecule has 0 aromatic rings. The van der Waals surface area contributed by atoms with Gasteiger partial charge < -0.3 is 10.1 Å². The number of rotatable bonds is 1. The van der Waals surface area contributed by atoms with Gasteiger partial charge in [0.1, 0.15) is 11.6 Å². The minimum atomic E-state index is -0.388. The van der Waals surface area contributed by atoms with Crippen LogP contribution in [0.15, 0.2) is 12.3 Å². The molecule has 1 aliphatic heterocycles. The summed E-state index contributed by atoms with van der Waals surface area (Å²) in [6.45, 7) is 5.60. The predicted molar refractivity (Wildman–Crippen MR) is 46.5 cm³/mol. The van der Waals surface area contributed by atoms with Crippen LogP contribution in [0.5, 0.6) is 0 Å². The Hall–Kier alpha value is -0.990. The van der Waals surface area contributed by atoms with E-state index >= 15 is 0 Å². The largest absolute Gasteiger partial charge is 0.458 e. The van der Waals surface area contributed by atoms with E-state index in [1.54, 1.807) is 6.20 Å². The van der Waals surface area contributed by atoms with Crippen LogP contribution in [0.1, 0.15) is 27.2 Å². The maximum atomic E-state index is 11.3. The highest BCUT2D eigenvalue weighted by atomic mass is 16.6. The van der Waals surface area contributed by atoms with Gasteiger partial charge in [0.2, 0.25) is 0 Å². The van der Waals surface area contributed by atoms with Crippen LogP contribution < -0.4 is 5.32 Å². The molecule has 0 saturated carbocycles. The Labute approximate surface area is 72.8 Å². The zero-order chi connectivity index (χ0) is 9.19. The molecule has 0 saturated heterocycles. The van der Waals surface area contributed by atoms with Gasteiger partial charge in [-0.3, -0.25) is 0 Å². The third kappa shape index (κ3) is 2.57. The number of ether oxygens (including phenoxy) is 1. The summed E-state index contributed by atoms with van der Waals surface area (Å²) in [4.78, 5) is 11.3. The Morgan fingerprint density at radius 2 is 2.25 bits per heavy atom. The molecule has 1 unspecified atom stereocenters. The van der Waals surface area contributed by atoms with Gasteiger partial charge in [0.15, 0.2) is 0 Å². The van der Waals surface area contributed by atoms with Crippen molar-refractivity contribution in [3.63, 3.8) is 0 Å². The highest BCUT2D eigenvalue weighted by Gasteiger charge is 2.24. The molecule has 0 radical (unpaired) electrons. The Morgan fingerprint density at radius 3 is 2.67 bits per heavy atom. The van der Waals surface area contributed by atoms with Crippen molar-refractivity contribution in [2.45, 2.75) is 38.8 Å². The lowest BCUT2D eigenvalue weighted by Crippen LogP contribution is -2.36. The van der Waals surface area contributed by atoms with Crippen molar-refractivity contribution in [1.82, 2.24) is 5.32 Å². The van der Waals surface area contributed by atoms with Crippen LogP contribution in [0.25, 0.3) is 0 Å². The van der Waals surface area contributed by atoms with E-state index in [0.29, 0.717) is 0 Å². The highest BCUT2D eigenvalue weighted by Crippen LogP contribution is 2.11. The molecule has 1 N–H and O–H groups in total. The molecule has 1 heterocycles. The quantitative estimate of drug-likeness (QED) is 0.599. The summed E-state index contributed by atoms with van der Waals surface area (Å²) in [5.74, 6) is -0.174. The summed E-state index contributed by atoms with van der Waals surface area (Å²) < 4.78 is 5.18. The Bertz CT molecular complexity index is 195. The van der Waals surface area contributed by atoms with Crippen molar-refractivity contribution in [2.24, 2.45) is 0 Å². The summed E-state index contributed by atoms with van der Waals surface area (Å²) in [6, 6.07) is -0.177. The summed E-state index contributed by atoms with van der Waals surface area (Å²) in [7, 11) is 0. The number of hydrogen-bond acceptors (Lipinski definition) is 3. The molecule has 0 amide bonds. The smallest absolute Gasteiger partial charge is 0.329 e. The monoisotopic (exact) mass is 169 g/mol. The third-order valence-corrected chi connectivity index (χ3v) is 1.48. The molecule has 0 spiro atoms. The van der Waals surface area contributed by atoms with E-state index in [1.807, 2.05) is 26.8 Å². The fourth-order valence-corrected chi connectivity index (χ4v) is 0.994. The molecule has 0 bridgehead atoms. The van der Waals surface area contributed by atoms with Crippen LogP contribution in [-0.4, -0.2) is 17.6 Å². The van der Waals surface area contributed by atoms with E-state index in [0.717, 1.165) is 6.42 Å². The minimum Gasteiger partial charge on any atom is -0.458 e. The van der Waals surface area contributed by atoms with E-state index in [4.69, 9.17) is 4.74 Å². The van der Waals surface area contributed by atoms with E-state index in [9.17, 15) is 4.79 Å². The first-order valence-electron chi connectivity index (χ1n) is 4.13. The lowest BCUT2D eigenvalue weighted by Gasteiger charge is -2.22. The van der Waals surface area contributed by atoms with Crippen molar-refractivity contribution in [1.29, 1.82) is 0 Å². The van der Waals surface area contributed by atoms with Gasteiger partial charge >= 0.3 is 5.97 Å². The van der Waals surface area contributed by atoms with E-state index in [-0.39, 0.29) is 17.6 Å². The molecule has 0 fully saturated rings. The van der Waals surface area contributed by atoms with Crippen LogP contribution in [0.2, 0.25) is 0 Å². The van der Waals surface area contributed by atoms with Gasteiger partial charge in [-0.25, -0.2) is 4.79 Å². The van der Waals surface area contributed by atoms with Crippen LogP contribution in [0.3, 0.4) is 0 Å². The van der Waals surface area contributed by atoms with Gasteiger partial charge in [-0.1, -0.05) is 6.08 Å².